The number of nitrogens with one attached hydrogen (secondary N) is 1. The van der Waals surface area contributed by atoms with Gasteiger partial charge < -0.3 is 9.88 Å². The number of piperazine rings is 1. The van der Waals surface area contributed by atoms with Gasteiger partial charge in [0.25, 0.3) is 5.91 Å². The van der Waals surface area contributed by atoms with Crippen LogP contribution in [0.4, 0.5) is 0 Å². The highest BCUT2D eigenvalue weighted by Gasteiger charge is 2.23. The van der Waals surface area contributed by atoms with Crippen molar-refractivity contribution in [3.05, 3.63) is 51.7 Å². The molecule has 1 N–H and O–H groups in total. The lowest BCUT2D eigenvalue weighted by molar-refractivity contribution is 0.0623. The molecule has 3 heterocycles. The molecule has 1 aromatic carbocycles. The highest BCUT2D eigenvalue weighted by atomic mass is 79.9. The van der Waals surface area contributed by atoms with Crippen LogP contribution in [-0.2, 0) is 6.54 Å². The number of carbonyl (C=O) groups is 1. The molecule has 24 heavy (non-hydrogen) atoms. The molecule has 0 unspecified atom stereocenters. The molecule has 3 aromatic rings. The molecule has 5 nitrogen and oxygen atoms in total. The Morgan fingerprint density at radius 3 is 2.75 bits per heavy atom. The fourth-order valence-electron chi connectivity index (χ4n) is 2.95. The van der Waals surface area contributed by atoms with Gasteiger partial charge in [-0.25, -0.2) is 4.98 Å². The van der Waals surface area contributed by atoms with Crippen molar-refractivity contribution < 1.29 is 4.79 Å². The first-order valence-electron chi connectivity index (χ1n) is 7.89. The van der Waals surface area contributed by atoms with Crippen molar-refractivity contribution in [3.63, 3.8) is 0 Å². The average molecular weight is 405 g/mol. The predicted octanol–water partition coefficient (Wildman–Crippen LogP) is 3.34. The van der Waals surface area contributed by atoms with Crippen LogP contribution >= 0.6 is 27.3 Å². The Labute approximate surface area is 152 Å². The molecule has 1 aliphatic rings. The molecule has 0 spiro atoms. The summed E-state index contributed by atoms with van der Waals surface area (Å²) in [5.74, 6) is 0.0698. The number of H-pyrrole nitrogens is 1. The number of benzene rings is 1. The van der Waals surface area contributed by atoms with E-state index in [1.807, 2.05) is 23.1 Å². The highest BCUT2D eigenvalue weighted by Crippen LogP contribution is 2.23. The zero-order chi connectivity index (χ0) is 16.5. The first kappa shape index (κ1) is 15.8. The molecule has 1 amide bonds. The predicted molar refractivity (Wildman–Crippen MR) is 99.3 cm³/mol. The first-order chi connectivity index (χ1) is 11.7. The van der Waals surface area contributed by atoms with Gasteiger partial charge in [-0.05, 0) is 34.1 Å². The van der Waals surface area contributed by atoms with E-state index in [1.165, 1.54) is 4.70 Å². The summed E-state index contributed by atoms with van der Waals surface area (Å²) in [7, 11) is 0. The fraction of sp³-hybridized carbons (Fsp3) is 0.294. The number of thiazole rings is 1. The topological polar surface area (TPSA) is 52.2 Å². The number of halogens is 1. The van der Waals surface area contributed by atoms with Gasteiger partial charge in [0.15, 0.2) is 0 Å². The molecule has 2 aromatic heterocycles. The smallest absolute Gasteiger partial charge is 0.270 e. The van der Waals surface area contributed by atoms with E-state index in [9.17, 15) is 4.79 Å². The zero-order valence-electron chi connectivity index (χ0n) is 13.0. The largest absolute Gasteiger partial charge is 0.356 e. The van der Waals surface area contributed by atoms with Crippen molar-refractivity contribution in [2.24, 2.45) is 0 Å². The van der Waals surface area contributed by atoms with E-state index in [2.05, 4.69) is 37.9 Å². The minimum atomic E-state index is 0.0698. The Bertz CT molecular complexity index is 833. The summed E-state index contributed by atoms with van der Waals surface area (Å²) in [5.41, 5.74) is 1.71. The Hall–Kier alpha value is -1.70. The summed E-state index contributed by atoms with van der Waals surface area (Å²) in [6.07, 6.45) is 1.79. The quantitative estimate of drug-likeness (QED) is 0.727. The SMILES string of the molecule is O=C(c1cc(Br)c[nH]1)N1CCN(Cc2nc3ccccc3s2)CC1. The van der Waals surface area contributed by atoms with Gasteiger partial charge >= 0.3 is 0 Å². The van der Waals surface area contributed by atoms with Gasteiger partial charge in [-0.3, -0.25) is 9.69 Å². The van der Waals surface area contributed by atoms with Crippen molar-refractivity contribution in [3.8, 4) is 0 Å². The number of para-hydroxylation sites is 1. The van der Waals surface area contributed by atoms with Crippen LogP contribution in [0.1, 0.15) is 15.5 Å². The Kier molecular flexibility index (Phi) is 4.39. The molecule has 7 heteroatoms. The van der Waals surface area contributed by atoms with E-state index < -0.39 is 0 Å². The maximum atomic E-state index is 12.4. The van der Waals surface area contributed by atoms with Gasteiger partial charge in [-0.2, -0.15) is 0 Å². The van der Waals surface area contributed by atoms with Gasteiger partial charge in [0.1, 0.15) is 10.7 Å². The Morgan fingerprint density at radius 1 is 1.25 bits per heavy atom. The summed E-state index contributed by atoms with van der Waals surface area (Å²) < 4.78 is 2.14. The van der Waals surface area contributed by atoms with Gasteiger partial charge in [0.2, 0.25) is 0 Å². The van der Waals surface area contributed by atoms with Gasteiger partial charge in [-0.15, -0.1) is 11.3 Å². The van der Waals surface area contributed by atoms with Crippen molar-refractivity contribution >= 4 is 43.4 Å². The first-order valence-corrected chi connectivity index (χ1v) is 9.50. The number of rotatable bonds is 3. The maximum Gasteiger partial charge on any atom is 0.270 e. The van der Waals surface area contributed by atoms with Gasteiger partial charge in [0, 0.05) is 36.8 Å². The molecule has 1 aliphatic heterocycles. The van der Waals surface area contributed by atoms with Crippen molar-refractivity contribution in [1.29, 1.82) is 0 Å². The van der Waals surface area contributed by atoms with E-state index in [1.54, 1.807) is 17.5 Å². The second-order valence-corrected chi connectivity index (χ2v) is 7.91. The summed E-state index contributed by atoms with van der Waals surface area (Å²) in [6.45, 7) is 4.11. The second-order valence-electron chi connectivity index (χ2n) is 5.88. The molecule has 0 aliphatic carbocycles. The Balaban J connectivity index is 1.36. The molecular formula is C17H17BrN4OS. The number of aromatic nitrogens is 2. The molecule has 1 saturated heterocycles. The van der Waals surface area contributed by atoms with E-state index >= 15 is 0 Å². The van der Waals surface area contributed by atoms with Crippen LogP contribution in [0.3, 0.4) is 0 Å². The normalized spacial score (nSPS) is 16.0. The van der Waals surface area contributed by atoms with Crippen molar-refractivity contribution in [2.75, 3.05) is 26.2 Å². The lowest BCUT2D eigenvalue weighted by atomic mass is 10.3. The second kappa shape index (κ2) is 6.66. The number of hydrogen-bond donors (Lipinski definition) is 1. The zero-order valence-corrected chi connectivity index (χ0v) is 15.4. The molecule has 124 valence electrons. The molecule has 0 saturated carbocycles. The molecule has 0 radical (unpaired) electrons. The van der Waals surface area contributed by atoms with Crippen molar-refractivity contribution in [2.45, 2.75) is 6.54 Å². The summed E-state index contributed by atoms with van der Waals surface area (Å²) in [4.78, 5) is 24.4. The van der Waals surface area contributed by atoms with Crippen LogP contribution in [0.5, 0.6) is 0 Å². The number of amides is 1. The lowest BCUT2D eigenvalue weighted by Crippen LogP contribution is -2.48. The van der Waals surface area contributed by atoms with E-state index in [4.69, 9.17) is 4.98 Å². The number of aromatic amines is 1. The molecular weight excluding hydrogens is 388 g/mol. The van der Waals surface area contributed by atoms with Crippen LogP contribution in [0, 0.1) is 0 Å². The molecule has 0 bridgehead atoms. The number of carbonyl (C=O) groups excluding carboxylic acids is 1. The third-order valence-corrected chi connectivity index (χ3v) is 5.71. The van der Waals surface area contributed by atoms with Crippen LogP contribution in [0.2, 0.25) is 0 Å². The third kappa shape index (κ3) is 3.24. The third-order valence-electron chi connectivity index (χ3n) is 4.23. The van der Waals surface area contributed by atoms with E-state index in [0.29, 0.717) is 5.69 Å². The number of nitrogens with zero attached hydrogens (tertiary/aromatic N) is 3. The van der Waals surface area contributed by atoms with Crippen molar-refractivity contribution in [1.82, 2.24) is 19.8 Å². The van der Waals surface area contributed by atoms with E-state index in [-0.39, 0.29) is 5.91 Å². The fourth-order valence-corrected chi connectivity index (χ4v) is 4.30. The minimum Gasteiger partial charge on any atom is -0.356 e. The van der Waals surface area contributed by atoms with Crippen LogP contribution in [-0.4, -0.2) is 51.9 Å². The Morgan fingerprint density at radius 2 is 2.04 bits per heavy atom. The number of fused-ring (bicyclic) bond motifs is 1. The molecule has 0 atom stereocenters. The summed E-state index contributed by atoms with van der Waals surface area (Å²) in [6, 6.07) is 10.1. The summed E-state index contributed by atoms with van der Waals surface area (Å²) >= 11 is 5.12. The molecule has 1 fully saturated rings. The summed E-state index contributed by atoms with van der Waals surface area (Å²) in [5, 5.41) is 1.14. The number of hydrogen-bond acceptors (Lipinski definition) is 4. The van der Waals surface area contributed by atoms with Gasteiger partial charge in [-0.1, -0.05) is 12.1 Å². The highest BCUT2D eigenvalue weighted by molar-refractivity contribution is 9.10. The standard InChI is InChI=1S/C17H17BrN4OS/c18-12-9-14(19-10-12)17(23)22-7-5-21(6-8-22)11-16-20-13-3-1-2-4-15(13)24-16/h1-4,9-10,19H,5-8,11H2. The monoisotopic (exact) mass is 404 g/mol. The average Bonchev–Trinajstić information content (AvgIpc) is 3.20. The van der Waals surface area contributed by atoms with Crippen LogP contribution < -0.4 is 0 Å². The minimum absolute atomic E-state index is 0.0698. The lowest BCUT2D eigenvalue weighted by Gasteiger charge is -2.34. The van der Waals surface area contributed by atoms with Crippen LogP contribution in [0.15, 0.2) is 41.0 Å². The van der Waals surface area contributed by atoms with Gasteiger partial charge in [0.05, 0.1) is 16.8 Å². The molecule has 4 rings (SSSR count). The van der Waals surface area contributed by atoms with E-state index in [0.717, 1.165) is 47.7 Å². The maximum absolute atomic E-state index is 12.4. The van der Waals surface area contributed by atoms with Crippen LogP contribution in [0.25, 0.3) is 10.2 Å².